The van der Waals surface area contributed by atoms with Crippen LogP contribution in [0.15, 0.2) is 33.4 Å². The van der Waals surface area contributed by atoms with Crippen LogP contribution in [0.25, 0.3) is 11.0 Å². The first kappa shape index (κ1) is 10.4. The molecule has 83 valence electrons. The van der Waals surface area contributed by atoms with Crippen LogP contribution in [0.1, 0.15) is 24.3 Å². The fraction of sp³-hybridized carbons (Fsp3) is 0.385. The number of halogens is 1. The molecule has 1 aromatic carbocycles. The Labute approximate surface area is 103 Å². The van der Waals surface area contributed by atoms with E-state index in [4.69, 9.17) is 4.42 Å². The molecule has 0 amide bonds. The molecule has 2 heterocycles. The van der Waals surface area contributed by atoms with E-state index in [0.29, 0.717) is 5.92 Å². The molecule has 1 fully saturated rings. The van der Waals surface area contributed by atoms with Gasteiger partial charge in [-0.1, -0.05) is 15.9 Å². The first-order chi connectivity index (χ1) is 7.84. The minimum atomic E-state index is 0.619. The molecule has 2 aromatic rings. The highest BCUT2D eigenvalue weighted by Crippen LogP contribution is 2.34. The average molecular weight is 279 g/mol. The summed E-state index contributed by atoms with van der Waals surface area (Å²) in [6.45, 7) is 1.98. The Morgan fingerprint density at radius 2 is 2.06 bits per heavy atom. The second kappa shape index (κ2) is 4.22. The highest BCUT2D eigenvalue weighted by molar-refractivity contribution is 9.10. The second-order valence-corrected chi connectivity index (χ2v) is 5.19. The largest absolute Gasteiger partial charge is 0.464 e. The summed E-state index contributed by atoms with van der Waals surface area (Å²) in [5.41, 5.74) is 2.34. The zero-order valence-electron chi connectivity index (χ0n) is 8.95. The van der Waals surface area contributed by atoms with Crippen LogP contribution in [0.2, 0.25) is 0 Å². The summed E-state index contributed by atoms with van der Waals surface area (Å²) in [6, 6.07) is 6.20. The summed E-state index contributed by atoms with van der Waals surface area (Å²) in [6.07, 6.45) is 4.23. The molecular formula is C13H13BrNO. The molecule has 1 aromatic heterocycles. The number of benzene rings is 1. The van der Waals surface area contributed by atoms with Gasteiger partial charge in [-0.25, -0.2) is 5.32 Å². The van der Waals surface area contributed by atoms with Crippen LogP contribution < -0.4 is 5.32 Å². The lowest BCUT2D eigenvalue weighted by Gasteiger charge is -2.20. The molecule has 0 saturated carbocycles. The van der Waals surface area contributed by atoms with Crippen molar-refractivity contribution >= 4 is 26.9 Å². The van der Waals surface area contributed by atoms with E-state index in [-0.39, 0.29) is 0 Å². The van der Waals surface area contributed by atoms with E-state index < -0.39 is 0 Å². The Morgan fingerprint density at radius 1 is 1.25 bits per heavy atom. The zero-order valence-corrected chi connectivity index (χ0v) is 10.5. The van der Waals surface area contributed by atoms with Gasteiger partial charge in [0.2, 0.25) is 0 Å². The molecule has 0 aliphatic carbocycles. The molecular weight excluding hydrogens is 266 g/mol. The minimum absolute atomic E-state index is 0.619. The van der Waals surface area contributed by atoms with Crippen LogP contribution in [0, 0.1) is 0 Å². The van der Waals surface area contributed by atoms with Gasteiger partial charge in [0.05, 0.1) is 6.26 Å². The van der Waals surface area contributed by atoms with Crippen molar-refractivity contribution in [3.63, 3.8) is 0 Å². The standard InChI is InChI=1S/C13H13BrNO/c14-10-1-2-13-11(7-10)12(8-16-13)9-3-5-15-6-4-9/h1-2,7-9H,3-6H2. The van der Waals surface area contributed by atoms with Gasteiger partial charge in [-0.2, -0.15) is 0 Å². The fourth-order valence-electron chi connectivity index (χ4n) is 2.40. The number of piperidine rings is 1. The third kappa shape index (κ3) is 1.78. The molecule has 0 spiro atoms. The molecule has 1 radical (unpaired) electrons. The summed E-state index contributed by atoms with van der Waals surface area (Å²) in [4.78, 5) is 0. The highest BCUT2D eigenvalue weighted by Gasteiger charge is 2.19. The topological polar surface area (TPSA) is 27.2 Å². The van der Waals surface area contributed by atoms with Gasteiger partial charge < -0.3 is 4.42 Å². The molecule has 1 saturated heterocycles. The smallest absolute Gasteiger partial charge is 0.134 e. The van der Waals surface area contributed by atoms with E-state index in [2.05, 4.69) is 27.3 Å². The van der Waals surface area contributed by atoms with Crippen molar-refractivity contribution in [2.45, 2.75) is 18.8 Å². The molecule has 1 aliphatic rings. The number of hydrogen-bond acceptors (Lipinski definition) is 1. The molecule has 0 atom stereocenters. The fourth-order valence-corrected chi connectivity index (χ4v) is 2.76. The number of nitrogens with zero attached hydrogens (tertiary/aromatic N) is 1. The summed E-state index contributed by atoms with van der Waals surface area (Å²) in [5.74, 6) is 0.619. The van der Waals surface area contributed by atoms with Gasteiger partial charge in [0.15, 0.2) is 0 Å². The number of fused-ring (bicyclic) bond motifs is 1. The third-order valence-electron chi connectivity index (χ3n) is 3.28. The van der Waals surface area contributed by atoms with Crippen molar-refractivity contribution in [1.82, 2.24) is 5.32 Å². The predicted molar refractivity (Wildman–Crippen MR) is 67.8 cm³/mol. The normalized spacial score (nSPS) is 18.1. The molecule has 3 rings (SSSR count). The van der Waals surface area contributed by atoms with E-state index in [1.807, 2.05) is 18.4 Å². The maximum Gasteiger partial charge on any atom is 0.134 e. The maximum absolute atomic E-state index is 5.61. The first-order valence-electron chi connectivity index (χ1n) is 5.64. The van der Waals surface area contributed by atoms with Gasteiger partial charge in [0, 0.05) is 28.5 Å². The summed E-state index contributed by atoms with van der Waals surface area (Å²) >= 11 is 3.52. The van der Waals surface area contributed by atoms with Gasteiger partial charge in [-0.3, -0.25) is 0 Å². The van der Waals surface area contributed by atoms with Crippen molar-refractivity contribution in [2.75, 3.05) is 13.1 Å². The SMILES string of the molecule is Brc1ccc2occ(C3CC[N]CC3)c2c1. The lowest BCUT2D eigenvalue weighted by Crippen LogP contribution is -2.20. The van der Waals surface area contributed by atoms with Crippen LogP contribution in [-0.4, -0.2) is 13.1 Å². The molecule has 16 heavy (non-hydrogen) atoms. The Kier molecular flexibility index (Phi) is 2.74. The zero-order chi connectivity index (χ0) is 11.0. The van der Waals surface area contributed by atoms with Crippen molar-refractivity contribution in [3.05, 3.63) is 34.5 Å². The summed E-state index contributed by atoms with van der Waals surface area (Å²) in [7, 11) is 0. The van der Waals surface area contributed by atoms with Crippen LogP contribution in [0.4, 0.5) is 0 Å². The monoisotopic (exact) mass is 278 g/mol. The Hall–Kier alpha value is -0.800. The summed E-state index contributed by atoms with van der Waals surface area (Å²) in [5, 5.41) is 5.65. The molecule has 0 bridgehead atoms. The van der Waals surface area contributed by atoms with Crippen molar-refractivity contribution in [1.29, 1.82) is 0 Å². The Morgan fingerprint density at radius 3 is 2.88 bits per heavy atom. The number of hydrogen-bond donors (Lipinski definition) is 0. The van der Waals surface area contributed by atoms with Crippen molar-refractivity contribution in [2.24, 2.45) is 0 Å². The van der Waals surface area contributed by atoms with E-state index in [9.17, 15) is 0 Å². The first-order valence-corrected chi connectivity index (χ1v) is 6.44. The molecule has 0 N–H and O–H groups in total. The summed E-state index contributed by atoms with van der Waals surface area (Å²) < 4.78 is 6.72. The third-order valence-corrected chi connectivity index (χ3v) is 3.77. The number of rotatable bonds is 1. The Balaban J connectivity index is 2.05. The highest BCUT2D eigenvalue weighted by atomic mass is 79.9. The Bertz CT molecular complexity index is 500. The van der Waals surface area contributed by atoms with E-state index in [0.717, 1.165) is 36.0 Å². The van der Waals surface area contributed by atoms with Gasteiger partial charge in [-0.15, -0.1) is 0 Å². The maximum atomic E-state index is 5.61. The van der Waals surface area contributed by atoms with E-state index >= 15 is 0 Å². The average Bonchev–Trinajstić information content (AvgIpc) is 2.73. The van der Waals surface area contributed by atoms with Gasteiger partial charge in [0.25, 0.3) is 0 Å². The van der Waals surface area contributed by atoms with Crippen molar-refractivity contribution < 1.29 is 4.42 Å². The lowest BCUT2D eigenvalue weighted by molar-refractivity contribution is 0.451. The van der Waals surface area contributed by atoms with Crippen LogP contribution in [0.5, 0.6) is 0 Å². The second-order valence-electron chi connectivity index (χ2n) is 4.28. The lowest BCUT2D eigenvalue weighted by atomic mass is 9.90. The van der Waals surface area contributed by atoms with Crippen LogP contribution >= 0.6 is 15.9 Å². The minimum Gasteiger partial charge on any atom is -0.464 e. The van der Waals surface area contributed by atoms with Gasteiger partial charge in [0.1, 0.15) is 5.58 Å². The quantitative estimate of drug-likeness (QED) is 0.782. The van der Waals surface area contributed by atoms with E-state index in [1.165, 1.54) is 10.9 Å². The predicted octanol–water partition coefficient (Wildman–Crippen LogP) is 3.68. The van der Waals surface area contributed by atoms with Crippen molar-refractivity contribution in [3.8, 4) is 0 Å². The van der Waals surface area contributed by atoms with Crippen LogP contribution in [-0.2, 0) is 0 Å². The molecule has 2 nitrogen and oxygen atoms in total. The molecule has 0 unspecified atom stereocenters. The molecule has 3 heteroatoms. The van der Waals surface area contributed by atoms with Gasteiger partial charge >= 0.3 is 0 Å². The van der Waals surface area contributed by atoms with Gasteiger partial charge in [-0.05, 0) is 37.0 Å². The molecule has 1 aliphatic heterocycles. The van der Waals surface area contributed by atoms with E-state index in [1.54, 1.807) is 0 Å². The number of furan rings is 1. The van der Waals surface area contributed by atoms with Crippen LogP contribution in [0.3, 0.4) is 0 Å².